The Balaban J connectivity index is 2.03. The van der Waals surface area contributed by atoms with Crippen molar-refractivity contribution in [2.24, 2.45) is 4.99 Å². The highest BCUT2D eigenvalue weighted by Crippen LogP contribution is 2.28. The highest BCUT2D eigenvalue weighted by Gasteiger charge is 2.26. The van der Waals surface area contributed by atoms with Gasteiger partial charge in [-0.15, -0.1) is 0 Å². The molecule has 0 unspecified atom stereocenters. The molecule has 0 saturated carbocycles. The van der Waals surface area contributed by atoms with Crippen molar-refractivity contribution in [2.75, 3.05) is 0 Å². The minimum absolute atomic E-state index is 0.0235. The van der Waals surface area contributed by atoms with Gasteiger partial charge in [0.05, 0.1) is 15.6 Å². The van der Waals surface area contributed by atoms with E-state index in [4.69, 9.17) is 39.5 Å². The zero-order valence-electron chi connectivity index (χ0n) is 11.3. The monoisotopic (exact) mass is 369 g/mol. The van der Waals surface area contributed by atoms with Crippen molar-refractivity contribution < 1.29 is 13.9 Å². The molecule has 1 aliphatic rings. The molecule has 0 N–H and O–H groups in total. The van der Waals surface area contributed by atoms with Gasteiger partial charge in [0.1, 0.15) is 5.82 Å². The summed E-state index contributed by atoms with van der Waals surface area (Å²) in [5.74, 6) is -1.26. The molecule has 116 valence electrons. The lowest BCUT2D eigenvalue weighted by Gasteiger charge is -2.02. The SMILES string of the molecule is O=C1OC(c2ccc(Cl)cc2Cl)=N/C1=C/c1c(F)cccc1Cl. The normalized spacial score (nSPS) is 15.7. The molecule has 0 spiro atoms. The van der Waals surface area contributed by atoms with Gasteiger partial charge in [0.2, 0.25) is 5.90 Å². The molecule has 0 amide bonds. The summed E-state index contributed by atoms with van der Waals surface area (Å²) < 4.78 is 18.9. The molecule has 2 aromatic carbocycles. The molecule has 3 nitrogen and oxygen atoms in total. The Hall–Kier alpha value is -1.88. The number of hydrogen-bond acceptors (Lipinski definition) is 3. The first-order valence-electron chi connectivity index (χ1n) is 6.37. The zero-order valence-corrected chi connectivity index (χ0v) is 13.6. The third-order valence-electron chi connectivity index (χ3n) is 3.06. The van der Waals surface area contributed by atoms with E-state index < -0.39 is 11.8 Å². The Bertz CT molecular complexity index is 857. The number of aliphatic imine (C=N–C) groups is 1. The lowest BCUT2D eigenvalue weighted by atomic mass is 10.2. The Morgan fingerprint density at radius 1 is 1.09 bits per heavy atom. The third-order valence-corrected chi connectivity index (χ3v) is 3.94. The number of carbonyl (C=O) groups is 1. The molecule has 23 heavy (non-hydrogen) atoms. The van der Waals surface area contributed by atoms with Gasteiger partial charge in [-0.25, -0.2) is 14.2 Å². The molecule has 0 bridgehead atoms. The van der Waals surface area contributed by atoms with Gasteiger partial charge in [-0.3, -0.25) is 0 Å². The Morgan fingerprint density at radius 3 is 2.57 bits per heavy atom. The number of esters is 1. The Morgan fingerprint density at radius 2 is 1.87 bits per heavy atom. The van der Waals surface area contributed by atoms with Crippen LogP contribution in [0.15, 0.2) is 47.1 Å². The second-order valence-electron chi connectivity index (χ2n) is 4.60. The second kappa shape index (κ2) is 6.32. The fraction of sp³-hybridized carbons (Fsp3) is 0. The number of rotatable bonds is 2. The molecule has 1 aliphatic heterocycles. The number of nitrogens with zero attached hydrogens (tertiary/aromatic N) is 1. The van der Waals surface area contributed by atoms with Gasteiger partial charge in [0.25, 0.3) is 0 Å². The molecule has 0 radical (unpaired) electrons. The summed E-state index contributed by atoms with van der Waals surface area (Å²) in [5, 5.41) is 0.894. The topological polar surface area (TPSA) is 38.7 Å². The van der Waals surface area contributed by atoms with Crippen LogP contribution >= 0.6 is 34.8 Å². The zero-order chi connectivity index (χ0) is 16.6. The molecule has 0 saturated heterocycles. The first-order chi connectivity index (χ1) is 11.0. The smallest absolute Gasteiger partial charge is 0.363 e. The van der Waals surface area contributed by atoms with Crippen LogP contribution in [0.4, 0.5) is 4.39 Å². The van der Waals surface area contributed by atoms with Crippen LogP contribution in [0.3, 0.4) is 0 Å². The van der Waals surface area contributed by atoms with E-state index in [1.807, 2.05) is 0 Å². The van der Waals surface area contributed by atoms with Gasteiger partial charge in [0, 0.05) is 10.6 Å². The summed E-state index contributed by atoms with van der Waals surface area (Å²) in [5.41, 5.74) is 0.402. The Labute approximate surface area is 145 Å². The molecule has 0 aromatic heterocycles. The average molecular weight is 371 g/mol. The predicted molar refractivity (Wildman–Crippen MR) is 88.5 cm³/mol. The first kappa shape index (κ1) is 16.0. The molecule has 2 aromatic rings. The molecule has 0 fully saturated rings. The lowest BCUT2D eigenvalue weighted by molar-refractivity contribution is -0.129. The van der Waals surface area contributed by atoms with E-state index >= 15 is 0 Å². The first-order valence-corrected chi connectivity index (χ1v) is 7.51. The number of halogens is 4. The van der Waals surface area contributed by atoms with E-state index in [2.05, 4.69) is 4.99 Å². The standard InChI is InChI=1S/C16H7Cl3FNO2/c17-8-4-5-9(12(19)6-8)15-21-14(16(22)23-15)7-10-11(18)2-1-3-13(10)20/h1-7H/b14-7+. The van der Waals surface area contributed by atoms with Crippen LogP contribution in [0.5, 0.6) is 0 Å². The summed E-state index contributed by atoms with van der Waals surface area (Å²) in [6.07, 6.45) is 1.23. The van der Waals surface area contributed by atoms with E-state index in [1.165, 1.54) is 30.3 Å². The van der Waals surface area contributed by atoms with Crippen LogP contribution in [0.1, 0.15) is 11.1 Å². The minimum atomic E-state index is -0.717. The fourth-order valence-corrected chi connectivity index (χ4v) is 2.68. The summed E-state index contributed by atoms with van der Waals surface area (Å²) in [4.78, 5) is 16.0. The quantitative estimate of drug-likeness (QED) is 0.543. The van der Waals surface area contributed by atoms with Gasteiger partial charge in [0.15, 0.2) is 5.70 Å². The van der Waals surface area contributed by atoms with E-state index in [9.17, 15) is 9.18 Å². The third kappa shape index (κ3) is 3.24. The predicted octanol–water partition coefficient (Wildman–Crippen LogP) is 5.13. The molecule has 3 rings (SSSR count). The second-order valence-corrected chi connectivity index (χ2v) is 5.85. The number of benzene rings is 2. The van der Waals surface area contributed by atoms with Crippen molar-refractivity contribution in [2.45, 2.75) is 0 Å². The Kier molecular flexibility index (Phi) is 4.39. The van der Waals surface area contributed by atoms with Gasteiger partial charge in [-0.1, -0.05) is 40.9 Å². The van der Waals surface area contributed by atoms with E-state index in [0.29, 0.717) is 10.6 Å². The van der Waals surface area contributed by atoms with Crippen molar-refractivity contribution in [3.63, 3.8) is 0 Å². The van der Waals surface area contributed by atoms with E-state index in [-0.39, 0.29) is 27.2 Å². The number of carbonyl (C=O) groups excluding carboxylic acids is 1. The summed E-state index contributed by atoms with van der Waals surface area (Å²) in [6, 6.07) is 8.89. The molecular formula is C16H7Cl3FNO2. The molecule has 1 heterocycles. The maximum Gasteiger partial charge on any atom is 0.363 e. The molecular weight excluding hydrogens is 364 g/mol. The van der Waals surface area contributed by atoms with Crippen molar-refractivity contribution in [3.05, 3.63) is 74.1 Å². The van der Waals surface area contributed by atoms with Crippen molar-refractivity contribution in [1.29, 1.82) is 0 Å². The highest BCUT2D eigenvalue weighted by molar-refractivity contribution is 6.37. The van der Waals surface area contributed by atoms with Gasteiger partial charge >= 0.3 is 5.97 Å². The van der Waals surface area contributed by atoms with Gasteiger partial charge in [-0.2, -0.15) is 0 Å². The molecule has 0 aliphatic carbocycles. The summed E-state index contributed by atoms with van der Waals surface area (Å²) >= 11 is 17.8. The fourth-order valence-electron chi connectivity index (χ4n) is 1.97. The van der Waals surface area contributed by atoms with Crippen molar-refractivity contribution in [3.8, 4) is 0 Å². The van der Waals surface area contributed by atoms with Crippen LogP contribution < -0.4 is 0 Å². The van der Waals surface area contributed by atoms with Crippen molar-refractivity contribution in [1.82, 2.24) is 0 Å². The number of ether oxygens (including phenoxy) is 1. The van der Waals surface area contributed by atoms with Crippen molar-refractivity contribution >= 4 is 52.7 Å². The van der Waals surface area contributed by atoms with Crippen LogP contribution in [0.25, 0.3) is 6.08 Å². The number of cyclic esters (lactones) is 1. The van der Waals surface area contributed by atoms with Gasteiger partial charge < -0.3 is 4.74 Å². The van der Waals surface area contributed by atoms with Crippen LogP contribution in [0, 0.1) is 5.82 Å². The lowest BCUT2D eigenvalue weighted by Crippen LogP contribution is -2.06. The minimum Gasteiger partial charge on any atom is -0.402 e. The maximum atomic E-state index is 13.8. The highest BCUT2D eigenvalue weighted by atomic mass is 35.5. The van der Waals surface area contributed by atoms with Crippen LogP contribution in [0.2, 0.25) is 15.1 Å². The summed E-state index contributed by atoms with van der Waals surface area (Å²) in [6.45, 7) is 0. The number of hydrogen-bond donors (Lipinski definition) is 0. The van der Waals surface area contributed by atoms with E-state index in [1.54, 1.807) is 12.1 Å². The average Bonchev–Trinajstić information content (AvgIpc) is 2.84. The van der Waals surface area contributed by atoms with Crippen LogP contribution in [-0.4, -0.2) is 11.9 Å². The molecule has 7 heteroatoms. The molecule has 0 atom stereocenters. The largest absolute Gasteiger partial charge is 0.402 e. The van der Waals surface area contributed by atoms with Crippen LogP contribution in [-0.2, 0) is 9.53 Å². The van der Waals surface area contributed by atoms with E-state index in [0.717, 1.165) is 0 Å². The maximum absolute atomic E-state index is 13.8. The van der Waals surface area contributed by atoms with Gasteiger partial charge in [-0.05, 0) is 36.4 Å². The summed E-state index contributed by atoms with van der Waals surface area (Å²) in [7, 11) is 0.